The van der Waals surface area contributed by atoms with E-state index >= 15 is 0 Å². The molecule has 0 atom stereocenters. The van der Waals surface area contributed by atoms with Gasteiger partial charge in [-0.3, -0.25) is 0 Å². The zero-order valence-electron chi connectivity index (χ0n) is 20.9. The Balaban J connectivity index is 1.42. The molecular formula is C24H33N7O4Si. The van der Waals surface area contributed by atoms with Gasteiger partial charge in [-0.2, -0.15) is 10.1 Å². The van der Waals surface area contributed by atoms with Crippen molar-refractivity contribution in [2.45, 2.75) is 45.3 Å². The minimum Gasteiger partial charge on any atom is -0.465 e. The zero-order valence-corrected chi connectivity index (χ0v) is 21.9. The highest BCUT2D eigenvalue weighted by Gasteiger charge is 2.13. The van der Waals surface area contributed by atoms with E-state index in [2.05, 4.69) is 50.7 Å². The monoisotopic (exact) mass is 511 g/mol. The van der Waals surface area contributed by atoms with Crippen molar-refractivity contribution >= 4 is 53.6 Å². The first-order valence-electron chi connectivity index (χ1n) is 12.0. The van der Waals surface area contributed by atoms with Crippen LogP contribution in [0.15, 0.2) is 41.1 Å². The van der Waals surface area contributed by atoms with Crippen molar-refractivity contribution < 1.29 is 19.1 Å². The highest BCUT2D eigenvalue weighted by Crippen LogP contribution is 2.26. The molecule has 11 nitrogen and oxygen atoms in total. The third kappa shape index (κ3) is 6.95. The van der Waals surface area contributed by atoms with Crippen LogP contribution in [0.1, 0.15) is 12.8 Å². The van der Waals surface area contributed by atoms with Gasteiger partial charge >= 0.3 is 6.09 Å². The molecule has 0 aliphatic rings. The van der Waals surface area contributed by atoms with Crippen LogP contribution < -0.4 is 16.0 Å². The molecule has 0 bridgehead atoms. The lowest BCUT2D eigenvalue weighted by atomic mass is 10.2. The Morgan fingerprint density at radius 3 is 2.81 bits per heavy atom. The molecule has 36 heavy (non-hydrogen) atoms. The third-order valence-corrected chi connectivity index (χ3v) is 7.29. The Labute approximate surface area is 210 Å². The van der Waals surface area contributed by atoms with Crippen LogP contribution in [0.25, 0.3) is 22.0 Å². The van der Waals surface area contributed by atoms with E-state index in [1.165, 1.54) is 0 Å². The van der Waals surface area contributed by atoms with Crippen molar-refractivity contribution in [1.82, 2.24) is 25.1 Å². The zero-order chi connectivity index (χ0) is 25.5. The number of furan rings is 1. The van der Waals surface area contributed by atoms with E-state index in [1.54, 1.807) is 12.3 Å². The van der Waals surface area contributed by atoms with Gasteiger partial charge < -0.3 is 30.2 Å². The van der Waals surface area contributed by atoms with Gasteiger partial charge in [0.2, 0.25) is 5.95 Å². The van der Waals surface area contributed by atoms with Crippen molar-refractivity contribution in [3.63, 3.8) is 0 Å². The van der Waals surface area contributed by atoms with Gasteiger partial charge in [0.15, 0.2) is 11.4 Å². The summed E-state index contributed by atoms with van der Waals surface area (Å²) in [6, 6.07) is 8.88. The second kappa shape index (κ2) is 11.4. The summed E-state index contributed by atoms with van der Waals surface area (Å²) in [6.45, 7) is 9.18. The highest BCUT2D eigenvalue weighted by molar-refractivity contribution is 6.76. The van der Waals surface area contributed by atoms with Crippen LogP contribution in [-0.2, 0) is 11.5 Å². The van der Waals surface area contributed by atoms with Crippen LogP contribution in [0, 0.1) is 0 Å². The molecule has 3 aromatic heterocycles. The number of aromatic nitrogens is 4. The molecule has 0 saturated heterocycles. The second-order valence-corrected chi connectivity index (χ2v) is 15.4. The Morgan fingerprint density at radius 2 is 2.00 bits per heavy atom. The van der Waals surface area contributed by atoms with Gasteiger partial charge in [0.1, 0.15) is 12.2 Å². The van der Waals surface area contributed by atoms with Crippen LogP contribution >= 0.6 is 0 Å². The fourth-order valence-electron chi connectivity index (χ4n) is 3.60. The topological polar surface area (TPSA) is 139 Å². The summed E-state index contributed by atoms with van der Waals surface area (Å²) in [7, 11) is -1.14. The number of hydrogen-bond acceptors (Lipinski definition) is 8. The van der Waals surface area contributed by atoms with E-state index in [1.807, 2.05) is 29.1 Å². The number of anilines is 3. The van der Waals surface area contributed by atoms with Crippen molar-refractivity contribution in [2.24, 2.45) is 0 Å². The van der Waals surface area contributed by atoms with Gasteiger partial charge in [0, 0.05) is 44.9 Å². The molecule has 12 heteroatoms. The number of carbonyl (C=O) groups is 1. The molecule has 0 fully saturated rings. The van der Waals surface area contributed by atoms with Crippen LogP contribution in [0.3, 0.4) is 0 Å². The van der Waals surface area contributed by atoms with Crippen LogP contribution in [0.4, 0.5) is 22.2 Å². The number of nitrogens with one attached hydrogen (secondary N) is 3. The summed E-state index contributed by atoms with van der Waals surface area (Å²) < 4.78 is 13.3. The predicted octanol–water partition coefficient (Wildman–Crippen LogP) is 5.09. The normalized spacial score (nSPS) is 11.8. The Bertz CT molecular complexity index is 1320. The van der Waals surface area contributed by atoms with Gasteiger partial charge in [0.25, 0.3) is 0 Å². The van der Waals surface area contributed by atoms with Crippen molar-refractivity contribution in [3.05, 3.63) is 36.7 Å². The minimum absolute atomic E-state index is 0.408. The second-order valence-electron chi connectivity index (χ2n) is 9.79. The summed E-state index contributed by atoms with van der Waals surface area (Å²) in [6.07, 6.45) is 3.89. The Hall–Kier alpha value is -3.64. The Kier molecular flexibility index (Phi) is 8.06. The molecule has 4 rings (SSSR count). The number of nitrogens with zero attached hydrogens (tertiary/aromatic N) is 4. The smallest absolute Gasteiger partial charge is 0.404 e. The lowest BCUT2D eigenvalue weighted by Crippen LogP contribution is -2.22. The standard InChI is InChI=1S/C24H33N7O4Si/c1-36(2,3)13-12-34-16-31-20-14-18(7-6-17(20)15-27-31)28-23-29-19-8-11-35-21(19)22(30-23)25-9-4-5-10-26-24(32)33/h6-8,11,14-15,26H,4-5,9-10,12-13,16H2,1-3H3,(H,32,33)(H2,25,28,29,30). The number of carboxylic acid groups (broad SMARTS) is 1. The number of fused-ring (bicyclic) bond motifs is 2. The number of amides is 1. The molecule has 0 saturated carbocycles. The summed E-state index contributed by atoms with van der Waals surface area (Å²) in [5, 5.41) is 23.1. The van der Waals surface area contributed by atoms with Gasteiger partial charge in [0.05, 0.1) is 18.0 Å². The lowest BCUT2D eigenvalue weighted by molar-refractivity contribution is 0.0817. The van der Waals surface area contributed by atoms with E-state index < -0.39 is 14.2 Å². The molecule has 4 aromatic rings. The van der Waals surface area contributed by atoms with Gasteiger partial charge in [-0.1, -0.05) is 19.6 Å². The maximum atomic E-state index is 10.6. The average Bonchev–Trinajstić information content (AvgIpc) is 3.45. The molecule has 1 aromatic carbocycles. The number of ether oxygens (including phenoxy) is 1. The molecule has 4 N–H and O–H groups in total. The maximum Gasteiger partial charge on any atom is 0.404 e. The molecule has 0 radical (unpaired) electrons. The minimum atomic E-state index is -1.14. The number of benzene rings is 1. The Morgan fingerprint density at radius 1 is 1.17 bits per heavy atom. The van der Waals surface area contributed by atoms with Crippen LogP contribution in [0.2, 0.25) is 25.7 Å². The number of rotatable bonds is 13. The summed E-state index contributed by atoms with van der Waals surface area (Å²) in [5.74, 6) is 1.02. The van der Waals surface area contributed by atoms with Gasteiger partial charge in [-0.15, -0.1) is 0 Å². The fourth-order valence-corrected chi connectivity index (χ4v) is 4.36. The molecule has 1 amide bonds. The summed E-state index contributed by atoms with van der Waals surface area (Å²) in [5.41, 5.74) is 3.06. The van der Waals surface area contributed by atoms with E-state index in [-0.39, 0.29) is 0 Å². The molecule has 0 aliphatic heterocycles. The lowest BCUT2D eigenvalue weighted by Gasteiger charge is -2.15. The summed E-state index contributed by atoms with van der Waals surface area (Å²) in [4.78, 5) is 19.7. The first kappa shape index (κ1) is 25.4. The predicted molar refractivity (Wildman–Crippen MR) is 143 cm³/mol. The van der Waals surface area contributed by atoms with Gasteiger partial charge in [-0.05, 0) is 37.1 Å². The SMILES string of the molecule is C[Si](C)(C)CCOCn1ncc2ccc(Nc3nc(NCCCCNC(=O)O)c4occc4n3)cc21. The van der Waals surface area contributed by atoms with Crippen molar-refractivity contribution in [1.29, 1.82) is 0 Å². The van der Waals surface area contributed by atoms with Crippen molar-refractivity contribution in [3.8, 4) is 0 Å². The molecule has 3 heterocycles. The molecule has 192 valence electrons. The first-order valence-corrected chi connectivity index (χ1v) is 15.8. The summed E-state index contributed by atoms with van der Waals surface area (Å²) >= 11 is 0. The van der Waals surface area contributed by atoms with E-state index in [9.17, 15) is 4.79 Å². The average molecular weight is 512 g/mol. The maximum absolute atomic E-state index is 10.6. The number of hydrogen-bond donors (Lipinski definition) is 4. The van der Waals surface area contributed by atoms with E-state index in [4.69, 9.17) is 14.3 Å². The fraction of sp³-hybridized carbons (Fsp3) is 0.417. The molecular weight excluding hydrogens is 478 g/mol. The third-order valence-electron chi connectivity index (χ3n) is 5.59. The largest absolute Gasteiger partial charge is 0.465 e. The molecule has 0 spiro atoms. The van der Waals surface area contributed by atoms with Crippen molar-refractivity contribution in [2.75, 3.05) is 30.3 Å². The number of unbranched alkanes of at least 4 members (excludes halogenated alkanes) is 1. The first-order chi connectivity index (χ1) is 17.3. The van der Waals surface area contributed by atoms with Crippen LogP contribution in [0.5, 0.6) is 0 Å². The quantitative estimate of drug-likeness (QED) is 0.143. The van der Waals surface area contributed by atoms with E-state index in [0.717, 1.165) is 35.7 Å². The molecule has 0 aliphatic carbocycles. The van der Waals surface area contributed by atoms with Crippen LogP contribution in [-0.4, -0.2) is 58.7 Å². The highest BCUT2D eigenvalue weighted by atomic mass is 28.3. The van der Waals surface area contributed by atoms with Gasteiger partial charge in [-0.25, -0.2) is 14.5 Å². The molecule has 0 unspecified atom stereocenters. The van der Waals surface area contributed by atoms with E-state index in [0.29, 0.717) is 49.1 Å².